The lowest BCUT2D eigenvalue weighted by atomic mass is 10.2. The number of methoxy groups -OCH3 is 1. The zero-order chi connectivity index (χ0) is 21.7. The van der Waals surface area contributed by atoms with Gasteiger partial charge in [-0.15, -0.1) is 16.8 Å². The number of carbonyl (C=O) groups excluding carboxylic acids is 1. The Labute approximate surface area is 182 Å². The van der Waals surface area contributed by atoms with Gasteiger partial charge in [0.1, 0.15) is 0 Å². The molecule has 0 radical (unpaired) electrons. The number of carbonyl (C=O) groups is 1. The van der Waals surface area contributed by atoms with Gasteiger partial charge in [-0.1, -0.05) is 48.2 Å². The van der Waals surface area contributed by atoms with Gasteiger partial charge < -0.3 is 9.30 Å². The molecule has 0 fully saturated rings. The number of aromatic nitrogens is 4. The Hall–Kier alpha value is -2.64. The average molecular weight is 425 g/mol. The van der Waals surface area contributed by atoms with E-state index in [2.05, 4.69) is 28.3 Å². The Morgan fingerprint density at radius 1 is 1.27 bits per heavy atom. The number of hydrogen-bond donors (Lipinski definition) is 0. The molecule has 0 saturated carbocycles. The molecule has 30 heavy (non-hydrogen) atoms. The van der Waals surface area contributed by atoms with Crippen molar-refractivity contribution in [3.8, 4) is 11.4 Å². The van der Waals surface area contributed by atoms with Crippen LogP contribution in [0.25, 0.3) is 11.4 Å². The molecule has 6 nitrogen and oxygen atoms in total. The second kappa shape index (κ2) is 9.91. The van der Waals surface area contributed by atoms with E-state index in [-0.39, 0.29) is 11.8 Å². The molecule has 0 aliphatic rings. The van der Waals surface area contributed by atoms with Crippen LogP contribution in [0.5, 0.6) is 0 Å². The summed E-state index contributed by atoms with van der Waals surface area (Å²) in [6.07, 6.45) is 1.81. The quantitative estimate of drug-likeness (QED) is 0.267. The highest BCUT2D eigenvalue weighted by Gasteiger charge is 2.20. The van der Waals surface area contributed by atoms with Crippen LogP contribution in [-0.2, 0) is 11.3 Å². The summed E-state index contributed by atoms with van der Waals surface area (Å²) in [4.78, 5) is 13.0. The fourth-order valence-electron chi connectivity index (χ4n) is 3.75. The predicted molar refractivity (Wildman–Crippen MR) is 121 cm³/mol. The predicted octanol–water partition coefficient (Wildman–Crippen LogP) is 4.73. The van der Waals surface area contributed by atoms with E-state index in [1.165, 1.54) is 11.8 Å². The zero-order valence-corrected chi connectivity index (χ0v) is 18.8. The molecule has 0 bridgehead atoms. The number of aryl methyl sites for hydroxylation is 1. The molecule has 0 spiro atoms. The Kier molecular flexibility index (Phi) is 7.29. The number of ketones is 1. The molecule has 0 amide bonds. The summed E-state index contributed by atoms with van der Waals surface area (Å²) in [7, 11) is 1.69. The van der Waals surface area contributed by atoms with Crippen LogP contribution >= 0.6 is 11.8 Å². The van der Waals surface area contributed by atoms with Gasteiger partial charge in [0.25, 0.3) is 0 Å². The summed E-state index contributed by atoms with van der Waals surface area (Å²) >= 11 is 1.41. The van der Waals surface area contributed by atoms with E-state index < -0.39 is 0 Å². The molecule has 1 aromatic carbocycles. The van der Waals surface area contributed by atoms with Crippen molar-refractivity contribution in [2.75, 3.05) is 19.5 Å². The zero-order valence-electron chi connectivity index (χ0n) is 18.0. The van der Waals surface area contributed by atoms with Crippen LogP contribution in [0.15, 0.2) is 54.2 Å². The Balaban J connectivity index is 1.79. The third-order valence-corrected chi connectivity index (χ3v) is 5.99. The molecule has 2 aromatic heterocycles. The van der Waals surface area contributed by atoms with Crippen LogP contribution in [0.4, 0.5) is 0 Å². The number of Topliss-reactive ketones (excluding diaryl/α,β-unsaturated/α-hetero) is 1. The molecule has 7 heteroatoms. The first-order valence-electron chi connectivity index (χ1n) is 9.90. The van der Waals surface area contributed by atoms with Crippen molar-refractivity contribution in [2.24, 2.45) is 0 Å². The minimum Gasteiger partial charge on any atom is -0.383 e. The van der Waals surface area contributed by atoms with Gasteiger partial charge in [-0.05, 0) is 26.8 Å². The van der Waals surface area contributed by atoms with Crippen molar-refractivity contribution in [1.29, 1.82) is 0 Å². The molecule has 3 aromatic rings. The monoisotopic (exact) mass is 424 g/mol. The van der Waals surface area contributed by atoms with Gasteiger partial charge in [-0.25, -0.2) is 0 Å². The molecule has 0 aliphatic heterocycles. The fraction of sp³-hybridized carbons (Fsp3) is 0.348. The molecule has 3 rings (SSSR count). The van der Waals surface area contributed by atoms with Crippen molar-refractivity contribution in [1.82, 2.24) is 19.3 Å². The van der Waals surface area contributed by atoms with Crippen molar-refractivity contribution in [2.45, 2.75) is 38.5 Å². The smallest absolute Gasteiger partial charge is 0.192 e. The SMILES string of the molecule is C=CCn1c(SCC(=O)c2cc(C)n([C@@H](C)COC)c2C)nnc1-c1ccccc1. The largest absolute Gasteiger partial charge is 0.383 e. The summed E-state index contributed by atoms with van der Waals surface area (Å²) < 4.78 is 9.43. The molecule has 0 aliphatic carbocycles. The molecule has 0 unspecified atom stereocenters. The van der Waals surface area contributed by atoms with Gasteiger partial charge in [-0.3, -0.25) is 9.36 Å². The Morgan fingerprint density at radius 2 is 2.00 bits per heavy atom. The second-order valence-corrected chi connectivity index (χ2v) is 8.19. The maximum Gasteiger partial charge on any atom is 0.192 e. The molecular weight excluding hydrogens is 396 g/mol. The molecule has 2 heterocycles. The van der Waals surface area contributed by atoms with E-state index in [9.17, 15) is 4.79 Å². The summed E-state index contributed by atoms with van der Waals surface area (Å²) in [5.74, 6) is 1.16. The first kappa shape index (κ1) is 22.1. The third-order valence-electron chi connectivity index (χ3n) is 5.03. The summed E-state index contributed by atoms with van der Waals surface area (Å²) in [6, 6.07) is 12.0. The number of benzene rings is 1. The lowest BCUT2D eigenvalue weighted by Gasteiger charge is -2.17. The number of ether oxygens (including phenoxy) is 1. The van der Waals surface area contributed by atoms with Crippen molar-refractivity contribution in [3.05, 3.63) is 66.0 Å². The van der Waals surface area contributed by atoms with Gasteiger partial charge in [0.15, 0.2) is 16.8 Å². The number of allylic oxidation sites excluding steroid dienone is 1. The summed E-state index contributed by atoms with van der Waals surface area (Å²) in [5.41, 5.74) is 3.77. The molecule has 1 atom stereocenters. The van der Waals surface area contributed by atoms with Crippen molar-refractivity contribution in [3.63, 3.8) is 0 Å². The molecule has 0 N–H and O–H groups in total. The second-order valence-electron chi connectivity index (χ2n) is 7.24. The van der Waals surface area contributed by atoms with E-state index in [4.69, 9.17) is 4.74 Å². The van der Waals surface area contributed by atoms with E-state index in [0.29, 0.717) is 24.1 Å². The van der Waals surface area contributed by atoms with Crippen molar-refractivity contribution >= 4 is 17.5 Å². The minimum absolute atomic E-state index is 0.0818. The van der Waals surface area contributed by atoms with E-state index in [0.717, 1.165) is 28.3 Å². The first-order valence-corrected chi connectivity index (χ1v) is 10.9. The van der Waals surface area contributed by atoms with Crippen LogP contribution in [0.1, 0.15) is 34.7 Å². The topological polar surface area (TPSA) is 61.9 Å². The average Bonchev–Trinajstić information content (AvgIpc) is 3.27. The van der Waals surface area contributed by atoms with Gasteiger partial charge >= 0.3 is 0 Å². The van der Waals surface area contributed by atoms with Crippen LogP contribution in [-0.4, -0.2) is 44.6 Å². The van der Waals surface area contributed by atoms with Crippen molar-refractivity contribution < 1.29 is 9.53 Å². The van der Waals surface area contributed by atoms with Gasteiger partial charge in [-0.2, -0.15) is 0 Å². The summed E-state index contributed by atoms with van der Waals surface area (Å²) in [5, 5.41) is 9.39. The van der Waals surface area contributed by atoms with Gasteiger partial charge in [0.05, 0.1) is 18.4 Å². The number of thioether (sulfide) groups is 1. The van der Waals surface area contributed by atoms with Crippen LogP contribution in [0, 0.1) is 13.8 Å². The Morgan fingerprint density at radius 3 is 2.67 bits per heavy atom. The Bertz CT molecular complexity index is 1020. The molecular formula is C23H28N4O2S. The normalized spacial score (nSPS) is 12.1. The van der Waals surface area contributed by atoms with E-state index >= 15 is 0 Å². The number of hydrogen-bond acceptors (Lipinski definition) is 5. The van der Waals surface area contributed by atoms with E-state index in [1.54, 1.807) is 7.11 Å². The fourth-order valence-corrected chi connectivity index (χ4v) is 4.58. The van der Waals surface area contributed by atoms with Crippen LogP contribution in [0.2, 0.25) is 0 Å². The van der Waals surface area contributed by atoms with Crippen LogP contribution in [0.3, 0.4) is 0 Å². The highest BCUT2D eigenvalue weighted by Crippen LogP contribution is 2.26. The highest BCUT2D eigenvalue weighted by molar-refractivity contribution is 7.99. The number of rotatable bonds is 10. The maximum atomic E-state index is 13.0. The standard InChI is InChI=1S/C23H28N4O2S/c1-6-12-26-22(19-10-8-7-9-11-19)24-25-23(26)30-15-21(28)20-13-16(2)27(18(20)4)17(3)14-29-5/h6-11,13,17H,1,12,14-15H2,2-5H3/t17-/m0/s1. The van der Waals surface area contributed by atoms with Gasteiger partial charge in [0, 0.05) is 36.2 Å². The molecule has 0 saturated heterocycles. The van der Waals surface area contributed by atoms with Gasteiger partial charge in [0.2, 0.25) is 0 Å². The maximum absolute atomic E-state index is 13.0. The lowest BCUT2D eigenvalue weighted by molar-refractivity contribution is 0.102. The lowest BCUT2D eigenvalue weighted by Crippen LogP contribution is -2.15. The minimum atomic E-state index is 0.0818. The first-order chi connectivity index (χ1) is 14.5. The molecule has 158 valence electrons. The third kappa shape index (κ3) is 4.57. The van der Waals surface area contributed by atoms with Crippen LogP contribution < -0.4 is 0 Å². The highest BCUT2D eigenvalue weighted by atomic mass is 32.2. The number of nitrogens with zero attached hydrogens (tertiary/aromatic N) is 4. The van der Waals surface area contributed by atoms with E-state index in [1.807, 2.05) is 60.9 Å². The summed E-state index contributed by atoms with van der Waals surface area (Å²) in [6.45, 7) is 11.1.